The van der Waals surface area contributed by atoms with E-state index < -0.39 is 0 Å². The average molecular weight is 1130 g/mol. The highest BCUT2D eigenvalue weighted by molar-refractivity contribution is 5.00. The maximum absolute atomic E-state index is 10.5. The lowest BCUT2D eigenvalue weighted by molar-refractivity contribution is -1.17. The van der Waals surface area contributed by atoms with Crippen molar-refractivity contribution in [3.8, 4) is 0 Å². The molecule has 0 spiro atoms. The number of hydrogen-bond acceptors (Lipinski definition) is 13. The molecule has 428 valence electrons. The second kappa shape index (κ2) is 32.7. The van der Waals surface area contributed by atoms with E-state index in [0.717, 1.165) is 130 Å². The minimum absolute atomic E-state index is 0. The molecule has 22 heteroatoms. The van der Waals surface area contributed by atoms with E-state index in [2.05, 4.69) is 153 Å². The van der Waals surface area contributed by atoms with E-state index in [0.29, 0.717) is 34.3 Å². The Morgan fingerprint density at radius 2 is 0.600 bits per heavy atom. The van der Waals surface area contributed by atoms with Crippen molar-refractivity contribution < 1.29 is 111 Å². The normalized spacial score (nSPS) is 27.3. The van der Waals surface area contributed by atoms with Crippen molar-refractivity contribution in [2.45, 2.75) is 231 Å². The Hall–Kier alpha value is 1.10. The lowest BCUT2D eigenvalue weighted by atomic mass is 9.79. The monoisotopic (exact) mass is 1130 g/mol. The molecule has 15 N–H and O–H groups in total. The molecule has 4 heterocycles. The molecule has 0 radical (unpaired) electrons. The van der Waals surface area contributed by atoms with Crippen LogP contribution in [0.25, 0.3) is 0 Å². The van der Waals surface area contributed by atoms with E-state index in [1.165, 1.54) is 10.1 Å². The maximum Gasteiger partial charge on any atom is 0.128 e. The van der Waals surface area contributed by atoms with E-state index >= 15 is 0 Å². The number of nitrogens with two attached hydrogens (primary N) is 1. The fourth-order valence-corrected chi connectivity index (χ4v) is 12.4. The zero-order valence-corrected chi connectivity index (χ0v) is 51.0. The Morgan fingerprint density at radius 3 is 0.886 bits per heavy atom. The SMILES string of the molecule is CC1(C)CC(NCCNCCNCCNC2CC(C)(C)N(O)C(C)(C)C2)CC(C)(C)N1O.CC1(C)CC(NCCNCCNCC[NH2+]C2CC(C)(C)[NH+](O)C(C)(C)C2)CC(C)(C)[NH+]1O.[Cl-].[Cl-].[Cl-].[Cl-].[Cl-].[Cl-]. The third kappa shape index (κ3) is 24.2. The lowest BCUT2D eigenvalue weighted by Crippen LogP contribution is -3.26. The quantitative estimate of drug-likeness (QED) is 0.0458. The molecular weight excluding hydrogens is 1020 g/mol. The van der Waals surface area contributed by atoms with Crippen LogP contribution < -0.4 is 127 Å². The average Bonchev–Trinajstić information content (AvgIpc) is 3.15. The molecule has 0 aromatic carbocycles. The fraction of sp³-hybridized carbons (Fsp3) is 1.00. The van der Waals surface area contributed by atoms with Crippen LogP contribution in [0.1, 0.15) is 162 Å². The van der Waals surface area contributed by atoms with Gasteiger partial charge in [0.05, 0.1) is 25.4 Å². The van der Waals surface area contributed by atoms with Crippen molar-refractivity contribution >= 4 is 0 Å². The van der Waals surface area contributed by atoms with Crippen molar-refractivity contribution in [3.63, 3.8) is 0 Å². The highest BCUT2D eigenvalue weighted by atomic mass is 35.5. The molecule has 4 aliphatic rings. The van der Waals surface area contributed by atoms with Crippen molar-refractivity contribution in [1.29, 1.82) is 0 Å². The third-order valence-electron chi connectivity index (χ3n) is 14.9. The van der Waals surface area contributed by atoms with Gasteiger partial charge in [-0.3, -0.25) is 0 Å². The largest absolute Gasteiger partial charge is 1.00 e. The molecule has 4 rings (SSSR count). The molecule has 0 aromatic rings. The summed E-state index contributed by atoms with van der Waals surface area (Å²) in [5, 5.41) is 73.8. The molecular formula is C48H107Cl6N12O4-3. The van der Waals surface area contributed by atoms with Gasteiger partial charge in [0.2, 0.25) is 0 Å². The fourth-order valence-electron chi connectivity index (χ4n) is 12.4. The van der Waals surface area contributed by atoms with Gasteiger partial charge in [-0.25, -0.2) is 10.4 Å². The van der Waals surface area contributed by atoms with E-state index in [4.69, 9.17) is 0 Å². The first kappa shape index (κ1) is 77.6. The zero-order valence-electron chi connectivity index (χ0n) is 46.5. The number of rotatable bonds is 22. The summed E-state index contributed by atoms with van der Waals surface area (Å²) in [6, 6.07) is 1.90. The van der Waals surface area contributed by atoms with Crippen molar-refractivity contribution in [2.75, 3.05) is 78.5 Å². The second-order valence-corrected chi connectivity index (χ2v) is 25.5. The van der Waals surface area contributed by atoms with Crippen LogP contribution in [-0.2, 0) is 0 Å². The van der Waals surface area contributed by atoms with E-state index in [-0.39, 0.29) is 119 Å². The lowest BCUT2D eigenvalue weighted by Gasteiger charge is -2.51. The Bertz CT molecular complexity index is 1120. The summed E-state index contributed by atoms with van der Waals surface area (Å²) in [6.45, 7) is 45.8. The van der Waals surface area contributed by atoms with Crippen LogP contribution in [-0.4, -0.2) is 178 Å². The van der Waals surface area contributed by atoms with Gasteiger partial charge in [-0.05, 0) is 136 Å². The van der Waals surface area contributed by atoms with Gasteiger partial charge in [0.15, 0.2) is 0 Å². The zero-order chi connectivity index (χ0) is 48.4. The predicted molar refractivity (Wildman–Crippen MR) is 260 cm³/mol. The van der Waals surface area contributed by atoms with Crippen molar-refractivity contribution in [3.05, 3.63) is 0 Å². The number of quaternary nitrogens is 3. The first-order valence-corrected chi connectivity index (χ1v) is 25.3. The smallest absolute Gasteiger partial charge is 0.128 e. The summed E-state index contributed by atoms with van der Waals surface area (Å²) >= 11 is 0. The number of halogens is 6. The van der Waals surface area contributed by atoms with Crippen LogP contribution in [0.3, 0.4) is 0 Å². The molecule has 16 nitrogen and oxygen atoms in total. The molecule has 0 aliphatic carbocycles. The van der Waals surface area contributed by atoms with Gasteiger partial charge >= 0.3 is 0 Å². The number of piperidine rings is 4. The van der Waals surface area contributed by atoms with Crippen LogP contribution in [0, 0.1) is 0 Å². The minimum atomic E-state index is -0.203. The molecule has 0 saturated carbocycles. The van der Waals surface area contributed by atoms with Gasteiger partial charge in [-0.2, -0.15) is 20.3 Å². The molecule has 0 unspecified atom stereocenters. The molecule has 0 amide bonds. The van der Waals surface area contributed by atoms with Crippen molar-refractivity contribution in [1.82, 2.24) is 47.3 Å². The topological polar surface area (TPSA) is 197 Å². The van der Waals surface area contributed by atoms with Gasteiger partial charge in [0.25, 0.3) is 0 Å². The number of nitrogens with zero attached hydrogens (tertiary/aromatic N) is 2. The molecule has 0 atom stereocenters. The first-order chi connectivity index (χ1) is 29.3. The van der Waals surface area contributed by atoms with Gasteiger partial charge < -0.3 is 127 Å². The van der Waals surface area contributed by atoms with Gasteiger partial charge in [0.1, 0.15) is 22.2 Å². The maximum atomic E-state index is 10.5. The van der Waals surface area contributed by atoms with Gasteiger partial charge in [-0.1, -0.05) is 0 Å². The molecule has 4 aliphatic heterocycles. The molecule has 0 aromatic heterocycles. The van der Waals surface area contributed by atoms with Crippen LogP contribution in [0.4, 0.5) is 0 Å². The second-order valence-electron chi connectivity index (χ2n) is 25.5. The Kier molecular flexibility index (Phi) is 36.3. The van der Waals surface area contributed by atoms with Gasteiger partial charge in [-0.15, -0.1) is 0 Å². The Morgan fingerprint density at radius 1 is 0.371 bits per heavy atom. The highest BCUT2D eigenvalue weighted by Gasteiger charge is 2.52. The molecule has 70 heavy (non-hydrogen) atoms. The third-order valence-corrected chi connectivity index (χ3v) is 14.9. The summed E-state index contributed by atoms with van der Waals surface area (Å²) in [4.78, 5) is 0. The van der Waals surface area contributed by atoms with Crippen LogP contribution >= 0.6 is 0 Å². The van der Waals surface area contributed by atoms with E-state index in [1.54, 1.807) is 0 Å². The summed E-state index contributed by atoms with van der Waals surface area (Å²) in [5.41, 5.74) is -1.22. The van der Waals surface area contributed by atoms with Gasteiger partial charge in [0, 0.05) is 125 Å². The number of nitrogens with one attached hydrogen (secondary N) is 9. The van der Waals surface area contributed by atoms with Crippen LogP contribution in [0.5, 0.6) is 0 Å². The number of hydrogen-bond donors (Lipinski definition) is 14. The summed E-state index contributed by atoms with van der Waals surface area (Å²) in [6.07, 6.45) is 7.88. The summed E-state index contributed by atoms with van der Waals surface area (Å²) < 4.78 is 0. The number of hydroxylamine groups is 8. The Balaban J connectivity index is -0.000000573. The van der Waals surface area contributed by atoms with E-state index in [9.17, 15) is 20.8 Å². The minimum Gasteiger partial charge on any atom is -1.00 e. The summed E-state index contributed by atoms with van der Waals surface area (Å²) in [5.74, 6) is 0. The molecule has 4 fully saturated rings. The molecule has 4 saturated heterocycles. The first-order valence-electron chi connectivity index (χ1n) is 25.3. The summed E-state index contributed by atoms with van der Waals surface area (Å²) in [7, 11) is 0. The van der Waals surface area contributed by atoms with Crippen molar-refractivity contribution in [2.24, 2.45) is 0 Å². The predicted octanol–water partition coefficient (Wildman–Crippen LogP) is -17.5. The van der Waals surface area contributed by atoms with E-state index in [1.807, 2.05) is 0 Å². The Labute approximate surface area is 464 Å². The van der Waals surface area contributed by atoms with Crippen LogP contribution in [0.2, 0.25) is 0 Å². The molecule has 0 bridgehead atoms. The van der Waals surface area contributed by atoms with Crippen LogP contribution in [0.15, 0.2) is 0 Å². The standard InChI is InChI=1S/2C24H52N6O2.6ClH/c2*1-21(2)15-19(16-22(3,4)29(21)31)27-13-11-25-9-10-26-12-14-28-20-17-23(5,6)30(32)24(7,8)18-20;;;;;;/h2*19-20,25-28,31-32H,9-18H2,1-8H3;6*1H/p-3. The highest BCUT2D eigenvalue weighted by Crippen LogP contribution is 2.37.